The molecule has 3 rings (SSSR count). The van der Waals surface area contributed by atoms with Gasteiger partial charge in [-0.1, -0.05) is 30.4 Å². The van der Waals surface area contributed by atoms with E-state index in [1.807, 2.05) is 7.05 Å². The molecule has 0 unspecified atom stereocenters. The average molecular weight is 296 g/mol. The van der Waals surface area contributed by atoms with Crippen molar-refractivity contribution >= 4 is 16.9 Å². The van der Waals surface area contributed by atoms with Crippen LogP contribution in [0, 0.1) is 0 Å². The third kappa shape index (κ3) is 3.50. The molecule has 0 saturated carbocycles. The molecular formula is C18H24N4. The predicted octanol–water partition coefficient (Wildman–Crippen LogP) is 2.98. The van der Waals surface area contributed by atoms with E-state index in [1.165, 1.54) is 16.5 Å². The number of aromatic nitrogens is 1. The number of aryl methyl sites for hydroxylation is 1. The Hall–Kier alpha value is -2.23. The summed E-state index contributed by atoms with van der Waals surface area (Å²) in [5.74, 6) is 0.910. The smallest absolute Gasteiger partial charge is 0.191 e. The van der Waals surface area contributed by atoms with Gasteiger partial charge in [0.25, 0.3) is 0 Å². The molecule has 1 aliphatic rings. The number of hydrogen-bond acceptors (Lipinski definition) is 1. The van der Waals surface area contributed by atoms with Gasteiger partial charge in [0.2, 0.25) is 0 Å². The van der Waals surface area contributed by atoms with Crippen molar-refractivity contribution in [3.05, 3.63) is 48.2 Å². The zero-order valence-corrected chi connectivity index (χ0v) is 13.1. The first-order chi connectivity index (χ1) is 10.9. The van der Waals surface area contributed by atoms with E-state index in [4.69, 9.17) is 0 Å². The van der Waals surface area contributed by atoms with Gasteiger partial charge in [-0.05, 0) is 37.3 Å². The highest BCUT2D eigenvalue weighted by Crippen LogP contribution is 2.18. The lowest BCUT2D eigenvalue weighted by atomic mass is 10.1. The summed E-state index contributed by atoms with van der Waals surface area (Å²) in [6, 6.07) is 8.97. The maximum Gasteiger partial charge on any atom is 0.191 e. The number of aromatic amines is 1. The van der Waals surface area contributed by atoms with E-state index in [0.29, 0.717) is 6.04 Å². The van der Waals surface area contributed by atoms with Crippen molar-refractivity contribution in [1.82, 2.24) is 15.6 Å². The second-order valence-corrected chi connectivity index (χ2v) is 5.75. The molecule has 3 N–H and O–H groups in total. The minimum absolute atomic E-state index is 0.500. The fourth-order valence-electron chi connectivity index (χ4n) is 2.95. The van der Waals surface area contributed by atoms with Crippen LogP contribution in [0.3, 0.4) is 0 Å². The minimum atomic E-state index is 0.500. The van der Waals surface area contributed by atoms with Crippen molar-refractivity contribution in [2.45, 2.75) is 31.7 Å². The number of guanidine groups is 1. The van der Waals surface area contributed by atoms with Gasteiger partial charge in [-0.2, -0.15) is 0 Å². The van der Waals surface area contributed by atoms with E-state index in [-0.39, 0.29) is 0 Å². The topological polar surface area (TPSA) is 52.2 Å². The van der Waals surface area contributed by atoms with Gasteiger partial charge in [0.15, 0.2) is 5.96 Å². The van der Waals surface area contributed by atoms with E-state index < -0.39 is 0 Å². The van der Waals surface area contributed by atoms with Crippen LogP contribution in [0.15, 0.2) is 47.6 Å². The lowest BCUT2D eigenvalue weighted by Gasteiger charge is -2.16. The molecule has 4 heteroatoms. The molecule has 0 bridgehead atoms. The number of nitrogens with zero attached hydrogens (tertiary/aromatic N) is 1. The second kappa shape index (κ2) is 7.16. The average Bonchev–Trinajstić information content (AvgIpc) is 3.20. The van der Waals surface area contributed by atoms with Crippen LogP contribution in [0.2, 0.25) is 0 Å². The largest absolute Gasteiger partial charge is 0.361 e. The Morgan fingerprint density at radius 3 is 2.91 bits per heavy atom. The predicted molar refractivity (Wildman–Crippen MR) is 93.3 cm³/mol. The zero-order valence-electron chi connectivity index (χ0n) is 13.1. The van der Waals surface area contributed by atoms with Crippen LogP contribution >= 0.6 is 0 Å². The Bertz CT molecular complexity index is 661. The lowest BCUT2D eigenvalue weighted by Crippen LogP contribution is -2.42. The summed E-state index contributed by atoms with van der Waals surface area (Å²) in [5, 5.41) is 8.20. The SMILES string of the molecule is CN=C(NCCCc1c[nH]c2ccccc12)NC1CC=CC1. The number of aliphatic imine (C=N–C) groups is 1. The van der Waals surface area contributed by atoms with Crippen molar-refractivity contribution in [3.63, 3.8) is 0 Å². The molecule has 1 aromatic carbocycles. The van der Waals surface area contributed by atoms with E-state index in [2.05, 4.69) is 63.2 Å². The quantitative estimate of drug-likeness (QED) is 0.344. The van der Waals surface area contributed by atoms with Gasteiger partial charge in [0.1, 0.15) is 0 Å². The van der Waals surface area contributed by atoms with Crippen LogP contribution in [0.25, 0.3) is 10.9 Å². The monoisotopic (exact) mass is 296 g/mol. The highest BCUT2D eigenvalue weighted by Gasteiger charge is 2.11. The Morgan fingerprint density at radius 1 is 1.27 bits per heavy atom. The molecule has 22 heavy (non-hydrogen) atoms. The van der Waals surface area contributed by atoms with Gasteiger partial charge < -0.3 is 15.6 Å². The highest BCUT2D eigenvalue weighted by atomic mass is 15.2. The molecule has 1 aliphatic carbocycles. The summed E-state index contributed by atoms with van der Waals surface area (Å²) in [6.07, 6.45) is 10.9. The summed E-state index contributed by atoms with van der Waals surface area (Å²) in [6.45, 7) is 0.930. The van der Waals surface area contributed by atoms with Gasteiger partial charge in [-0.15, -0.1) is 0 Å². The molecule has 0 atom stereocenters. The van der Waals surface area contributed by atoms with Gasteiger partial charge in [0.05, 0.1) is 0 Å². The first kappa shape index (κ1) is 14.7. The third-order valence-electron chi connectivity index (χ3n) is 4.16. The molecule has 116 valence electrons. The Kier molecular flexibility index (Phi) is 4.78. The van der Waals surface area contributed by atoms with Gasteiger partial charge in [-0.25, -0.2) is 0 Å². The normalized spacial score (nSPS) is 15.6. The summed E-state index contributed by atoms with van der Waals surface area (Å²) in [5.41, 5.74) is 2.61. The fraction of sp³-hybridized carbons (Fsp3) is 0.389. The molecule has 0 radical (unpaired) electrons. The Morgan fingerprint density at radius 2 is 2.09 bits per heavy atom. The van der Waals surface area contributed by atoms with Crippen molar-refractivity contribution in [1.29, 1.82) is 0 Å². The van der Waals surface area contributed by atoms with E-state index in [1.54, 1.807) is 0 Å². The number of fused-ring (bicyclic) bond motifs is 1. The van der Waals surface area contributed by atoms with E-state index in [0.717, 1.165) is 38.2 Å². The van der Waals surface area contributed by atoms with Gasteiger partial charge in [-0.3, -0.25) is 4.99 Å². The van der Waals surface area contributed by atoms with Crippen LogP contribution < -0.4 is 10.6 Å². The van der Waals surface area contributed by atoms with Crippen LogP contribution in [0.5, 0.6) is 0 Å². The summed E-state index contributed by atoms with van der Waals surface area (Å²) in [4.78, 5) is 7.63. The number of H-pyrrole nitrogens is 1. The fourth-order valence-corrected chi connectivity index (χ4v) is 2.95. The van der Waals surface area contributed by atoms with E-state index in [9.17, 15) is 0 Å². The van der Waals surface area contributed by atoms with Crippen molar-refractivity contribution in [3.8, 4) is 0 Å². The van der Waals surface area contributed by atoms with Crippen molar-refractivity contribution in [2.24, 2.45) is 4.99 Å². The summed E-state index contributed by atoms with van der Waals surface area (Å²) in [7, 11) is 1.83. The molecule has 0 saturated heterocycles. The maximum atomic E-state index is 4.30. The van der Waals surface area contributed by atoms with Crippen molar-refractivity contribution in [2.75, 3.05) is 13.6 Å². The molecule has 1 heterocycles. The Balaban J connectivity index is 1.44. The van der Waals surface area contributed by atoms with Crippen LogP contribution in [-0.2, 0) is 6.42 Å². The standard InChI is InChI=1S/C18H24N4/c1-19-18(22-15-8-2-3-9-15)20-12-6-7-14-13-21-17-11-5-4-10-16(14)17/h2-5,10-11,13,15,21H,6-9,12H2,1H3,(H2,19,20,22). The number of rotatable bonds is 5. The van der Waals surface area contributed by atoms with Gasteiger partial charge >= 0.3 is 0 Å². The van der Waals surface area contributed by atoms with Gasteiger partial charge in [0, 0.05) is 36.7 Å². The molecule has 0 spiro atoms. The molecule has 0 fully saturated rings. The first-order valence-corrected chi connectivity index (χ1v) is 8.04. The number of hydrogen-bond donors (Lipinski definition) is 3. The summed E-state index contributed by atoms with van der Waals surface area (Å²) >= 11 is 0. The molecular weight excluding hydrogens is 272 g/mol. The lowest BCUT2D eigenvalue weighted by molar-refractivity contribution is 0.629. The first-order valence-electron chi connectivity index (χ1n) is 8.04. The maximum absolute atomic E-state index is 4.30. The third-order valence-corrected chi connectivity index (χ3v) is 4.16. The summed E-state index contributed by atoms with van der Waals surface area (Å²) < 4.78 is 0. The van der Waals surface area contributed by atoms with Crippen LogP contribution in [0.1, 0.15) is 24.8 Å². The zero-order chi connectivity index (χ0) is 15.2. The highest BCUT2D eigenvalue weighted by molar-refractivity contribution is 5.83. The molecule has 4 nitrogen and oxygen atoms in total. The second-order valence-electron chi connectivity index (χ2n) is 5.75. The molecule has 0 amide bonds. The number of nitrogens with one attached hydrogen (secondary N) is 3. The number of para-hydroxylation sites is 1. The molecule has 1 aromatic heterocycles. The molecule has 2 aromatic rings. The van der Waals surface area contributed by atoms with Crippen LogP contribution in [-0.4, -0.2) is 30.6 Å². The van der Waals surface area contributed by atoms with Crippen molar-refractivity contribution < 1.29 is 0 Å². The minimum Gasteiger partial charge on any atom is -0.361 e. The Labute approximate surface area is 131 Å². The van der Waals surface area contributed by atoms with Crippen LogP contribution in [0.4, 0.5) is 0 Å². The van der Waals surface area contributed by atoms with E-state index >= 15 is 0 Å². The number of benzene rings is 1. The molecule has 0 aliphatic heterocycles.